The van der Waals surface area contributed by atoms with Crippen LogP contribution in [0.25, 0.3) is 21.9 Å². The fourth-order valence-corrected chi connectivity index (χ4v) is 3.33. The van der Waals surface area contributed by atoms with Gasteiger partial charge >= 0.3 is 0 Å². The highest BCUT2D eigenvalue weighted by atomic mass is 16.1. The van der Waals surface area contributed by atoms with Gasteiger partial charge in [-0.25, -0.2) is 4.98 Å². The van der Waals surface area contributed by atoms with Crippen molar-refractivity contribution in [1.82, 2.24) is 19.9 Å². The number of aromatic nitrogens is 3. The zero-order valence-corrected chi connectivity index (χ0v) is 15.0. The van der Waals surface area contributed by atoms with Crippen molar-refractivity contribution in [3.63, 3.8) is 0 Å². The smallest absolute Gasteiger partial charge is 0.253 e. The topological polar surface area (TPSA) is 62.7 Å². The van der Waals surface area contributed by atoms with Crippen LogP contribution in [0.1, 0.15) is 36.1 Å². The molecule has 26 heavy (non-hydrogen) atoms. The number of H-pyrrole nitrogens is 1. The molecule has 4 rings (SSSR count). The molecule has 0 aliphatic carbocycles. The van der Waals surface area contributed by atoms with Crippen molar-refractivity contribution in [3.8, 4) is 0 Å². The minimum Gasteiger partial charge on any atom is -0.352 e. The predicted octanol–water partition coefficient (Wildman–Crippen LogP) is 4.07. The molecule has 0 bridgehead atoms. The van der Waals surface area contributed by atoms with Crippen molar-refractivity contribution < 1.29 is 4.79 Å². The molecule has 0 radical (unpaired) electrons. The van der Waals surface area contributed by atoms with Gasteiger partial charge in [0, 0.05) is 36.1 Å². The van der Waals surface area contributed by atoms with Gasteiger partial charge in [0.15, 0.2) is 0 Å². The summed E-state index contributed by atoms with van der Waals surface area (Å²) in [6.07, 6.45) is 2.62. The monoisotopic (exact) mass is 346 g/mol. The first-order chi connectivity index (χ1) is 12.6. The van der Waals surface area contributed by atoms with E-state index in [4.69, 9.17) is 0 Å². The molecule has 2 aromatic heterocycles. The highest BCUT2D eigenvalue weighted by Gasteiger charge is 2.15. The molecule has 0 fully saturated rings. The van der Waals surface area contributed by atoms with E-state index in [1.165, 1.54) is 0 Å². The number of benzene rings is 2. The van der Waals surface area contributed by atoms with Gasteiger partial charge in [0.2, 0.25) is 0 Å². The Morgan fingerprint density at radius 3 is 2.73 bits per heavy atom. The van der Waals surface area contributed by atoms with Crippen LogP contribution in [0.4, 0.5) is 0 Å². The van der Waals surface area contributed by atoms with Crippen LogP contribution < -0.4 is 5.32 Å². The summed E-state index contributed by atoms with van der Waals surface area (Å²) in [6.45, 7) is 4.78. The van der Waals surface area contributed by atoms with Crippen molar-refractivity contribution in [2.45, 2.75) is 26.3 Å². The fourth-order valence-electron chi connectivity index (χ4n) is 3.33. The molecule has 5 heteroatoms. The maximum Gasteiger partial charge on any atom is 0.253 e. The SMILES string of the molecule is CC(C)n1cc(C(=O)NCCc2nc3ccccc3[nH]2)c2ccccc21. The lowest BCUT2D eigenvalue weighted by molar-refractivity contribution is 0.0955. The van der Waals surface area contributed by atoms with Crippen LogP contribution in [0.5, 0.6) is 0 Å². The highest BCUT2D eigenvalue weighted by molar-refractivity contribution is 6.07. The number of carbonyl (C=O) groups is 1. The first kappa shape index (κ1) is 16.4. The van der Waals surface area contributed by atoms with Crippen LogP contribution in [-0.4, -0.2) is 27.0 Å². The summed E-state index contributed by atoms with van der Waals surface area (Å²) in [6, 6.07) is 16.3. The van der Waals surface area contributed by atoms with E-state index in [-0.39, 0.29) is 5.91 Å². The molecule has 1 amide bonds. The molecule has 2 heterocycles. The molecule has 2 aromatic carbocycles. The summed E-state index contributed by atoms with van der Waals surface area (Å²) < 4.78 is 2.14. The second-order valence-electron chi connectivity index (χ2n) is 6.77. The first-order valence-corrected chi connectivity index (χ1v) is 8.95. The maximum absolute atomic E-state index is 12.7. The zero-order valence-electron chi connectivity index (χ0n) is 15.0. The van der Waals surface area contributed by atoms with Gasteiger partial charge in [-0.05, 0) is 32.0 Å². The standard InChI is InChI=1S/C21H22N4O/c1-14(2)25-13-16(15-7-3-6-10-19(15)25)21(26)22-12-11-20-23-17-8-4-5-9-18(17)24-20/h3-10,13-14H,11-12H2,1-2H3,(H,22,26)(H,23,24). The largest absolute Gasteiger partial charge is 0.352 e. The lowest BCUT2D eigenvalue weighted by Gasteiger charge is -2.08. The van der Waals surface area contributed by atoms with E-state index in [2.05, 4.69) is 39.8 Å². The zero-order chi connectivity index (χ0) is 18.1. The summed E-state index contributed by atoms with van der Waals surface area (Å²) in [5.41, 5.74) is 3.78. The number of nitrogens with one attached hydrogen (secondary N) is 2. The highest BCUT2D eigenvalue weighted by Crippen LogP contribution is 2.24. The first-order valence-electron chi connectivity index (χ1n) is 8.95. The van der Waals surface area contributed by atoms with E-state index in [0.29, 0.717) is 19.0 Å². The van der Waals surface area contributed by atoms with E-state index in [1.807, 2.05) is 48.7 Å². The van der Waals surface area contributed by atoms with Gasteiger partial charge in [-0.1, -0.05) is 30.3 Å². The quantitative estimate of drug-likeness (QED) is 0.572. The lowest BCUT2D eigenvalue weighted by atomic mass is 10.1. The number of aromatic amines is 1. The molecule has 0 atom stereocenters. The molecule has 132 valence electrons. The Bertz CT molecular complexity index is 1040. The average molecular weight is 346 g/mol. The third-order valence-electron chi connectivity index (χ3n) is 4.63. The molecule has 2 N–H and O–H groups in total. The van der Waals surface area contributed by atoms with Crippen LogP contribution in [0.15, 0.2) is 54.7 Å². The Kier molecular flexibility index (Phi) is 4.21. The minimum absolute atomic E-state index is 0.0447. The van der Waals surface area contributed by atoms with E-state index < -0.39 is 0 Å². The molecule has 0 unspecified atom stereocenters. The van der Waals surface area contributed by atoms with Gasteiger partial charge in [-0.2, -0.15) is 0 Å². The molecule has 0 saturated carbocycles. The predicted molar refractivity (Wildman–Crippen MR) is 104 cm³/mol. The third-order valence-corrected chi connectivity index (χ3v) is 4.63. The molecule has 0 saturated heterocycles. The Hall–Kier alpha value is -3.08. The molecule has 0 aliphatic rings. The van der Waals surface area contributed by atoms with Crippen molar-refractivity contribution in [1.29, 1.82) is 0 Å². The molecule has 4 aromatic rings. The van der Waals surface area contributed by atoms with Gasteiger partial charge in [0.25, 0.3) is 5.91 Å². The van der Waals surface area contributed by atoms with Crippen molar-refractivity contribution in [2.24, 2.45) is 0 Å². The number of hydrogen-bond acceptors (Lipinski definition) is 2. The van der Waals surface area contributed by atoms with Crippen LogP contribution in [0.2, 0.25) is 0 Å². The van der Waals surface area contributed by atoms with Gasteiger partial charge in [0.05, 0.1) is 16.6 Å². The Morgan fingerprint density at radius 2 is 1.92 bits per heavy atom. The van der Waals surface area contributed by atoms with Crippen molar-refractivity contribution in [2.75, 3.05) is 6.54 Å². The summed E-state index contributed by atoms with van der Waals surface area (Å²) in [5, 5.41) is 4.01. The summed E-state index contributed by atoms with van der Waals surface area (Å²) >= 11 is 0. The number of carbonyl (C=O) groups excluding carboxylic acids is 1. The summed E-state index contributed by atoms with van der Waals surface area (Å²) in [4.78, 5) is 20.5. The second kappa shape index (κ2) is 6.67. The number of amides is 1. The number of imidazole rings is 1. The number of rotatable bonds is 5. The van der Waals surface area contributed by atoms with Gasteiger partial charge in [0.1, 0.15) is 5.82 Å². The van der Waals surface area contributed by atoms with E-state index in [9.17, 15) is 4.79 Å². The lowest BCUT2D eigenvalue weighted by Crippen LogP contribution is -2.25. The molecular formula is C21H22N4O. The summed E-state index contributed by atoms with van der Waals surface area (Å²) in [5.74, 6) is 0.841. The van der Waals surface area contributed by atoms with Gasteiger partial charge < -0.3 is 14.9 Å². The number of fused-ring (bicyclic) bond motifs is 2. The molecular weight excluding hydrogens is 324 g/mol. The van der Waals surface area contributed by atoms with E-state index in [0.717, 1.165) is 33.3 Å². The Balaban J connectivity index is 1.49. The van der Waals surface area contributed by atoms with E-state index >= 15 is 0 Å². The van der Waals surface area contributed by atoms with Gasteiger partial charge in [-0.3, -0.25) is 4.79 Å². The van der Waals surface area contributed by atoms with Crippen molar-refractivity contribution >= 4 is 27.8 Å². The maximum atomic E-state index is 12.7. The third kappa shape index (κ3) is 2.96. The summed E-state index contributed by atoms with van der Waals surface area (Å²) in [7, 11) is 0. The van der Waals surface area contributed by atoms with Crippen LogP contribution >= 0.6 is 0 Å². The minimum atomic E-state index is -0.0447. The molecule has 0 spiro atoms. The molecule has 0 aliphatic heterocycles. The second-order valence-corrected chi connectivity index (χ2v) is 6.77. The van der Waals surface area contributed by atoms with Gasteiger partial charge in [-0.15, -0.1) is 0 Å². The Morgan fingerprint density at radius 1 is 1.15 bits per heavy atom. The Labute approximate surface area is 152 Å². The van der Waals surface area contributed by atoms with Crippen LogP contribution in [0, 0.1) is 0 Å². The normalized spacial score (nSPS) is 11.5. The number of hydrogen-bond donors (Lipinski definition) is 2. The average Bonchev–Trinajstić information content (AvgIpc) is 3.22. The van der Waals surface area contributed by atoms with E-state index in [1.54, 1.807) is 0 Å². The molecule has 5 nitrogen and oxygen atoms in total. The fraction of sp³-hybridized carbons (Fsp3) is 0.238. The van der Waals surface area contributed by atoms with Crippen LogP contribution in [0.3, 0.4) is 0 Å². The van der Waals surface area contributed by atoms with Crippen molar-refractivity contribution in [3.05, 3.63) is 66.1 Å². The number of para-hydroxylation sites is 3. The van der Waals surface area contributed by atoms with Crippen LogP contribution in [-0.2, 0) is 6.42 Å². The number of nitrogens with zero attached hydrogens (tertiary/aromatic N) is 2.